The molecule has 4 rings (SSSR count). The van der Waals surface area contributed by atoms with Crippen LogP contribution in [0.15, 0.2) is 57.7 Å². The third-order valence-corrected chi connectivity index (χ3v) is 5.41. The van der Waals surface area contributed by atoms with Gasteiger partial charge in [-0.15, -0.1) is 0 Å². The number of fused-ring (bicyclic) bond motifs is 1. The summed E-state index contributed by atoms with van der Waals surface area (Å²) in [5, 5.41) is 40.3. The lowest BCUT2D eigenvalue weighted by Crippen LogP contribution is -2.60. The molecule has 4 N–H and O–H groups in total. The Morgan fingerprint density at radius 2 is 1.71 bits per heavy atom. The van der Waals surface area contributed by atoms with Gasteiger partial charge in [-0.05, 0) is 24.6 Å². The molecule has 1 aliphatic rings. The van der Waals surface area contributed by atoms with Crippen LogP contribution in [0.2, 0.25) is 0 Å². The van der Waals surface area contributed by atoms with Crippen LogP contribution in [0, 0.1) is 0 Å². The fourth-order valence-electron chi connectivity index (χ4n) is 3.65. The molecule has 2 aromatic carbocycles. The van der Waals surface area contributed by atoms with Gasteiger partial charge in [0.05, 0.1) is 18.6 Å². The smallest absolute Gasteiger partial charge is 0.383 e. The van der Waals surface area contributed by atoms with Crippen molar-refractivity contribution in [1.82, 2.24) is 0 Å². The molecule has 34 heavy (non-hydrogen) atoms. The standard InChI is InChI=1S/C24H26O10/c1-2-30-14-8-9-15-16(10-14)32-23(29)22(21(15)31-12-13-6-4-3-5-7-13)34-24-20(28)19(27)18(26)17(11-25)33-24/h3-10,17-20,24-28H,2,11-12H2,1H3/t17-,18-,19+,20-,24+/m1/s1. The Morgan fingerprint density at radius 3 is 2.41 bits per heavy atom. The third-order valence-electron chi connectivity index (χ3n) is 5.41. The van der Waals surface area contributed by atoms with Gasteiger partial charge in [-0.3, -0.25) is 0 Å². The predicted molar refractivity (Wildman–Crippen MR) is 119 cm³/mol. The molecule has 0 aliphatic carbocycles. The van der Waals surface area contributed by atoms with Crippen LogP contribution in [0.4, 0.5) is 0 Å². The Kier molecular flexibility index (Phi) is 7.35. The van der Waals surface area contributed by atoms with Crippen molar-refractivity contribution in [1.29, 1.82) is 0 Å². The summed E-state index contributed by atoms with van der Waals surface area (Å²) in [5.41, 5.74) is 0.106. The summed E-state index contributed by atoms with van der Waals surface area (Å²) in [6.45, 7) is 1.70. The van der Waals surface area contributed by atoms with Crippen LogP contribution in [-0.4, -0.2) is 64.3 Å². The number of rotatable bonds is 8. The topological polar surface area (TPSA) is 148 Å². The average Bonchev–Trinajstić information content (AvgIpc) is 2.84. The minimum atomic E-state index is -1.71. The summed E-state index contributed by atoms with van der Waals surface area (Å²) in [6, 6.07) is 14.1. The van der Waals surface area contributed by atoms with Gasteiger partial charge in [-0.1, -0.05) is 30.3 Å². The Bertz CT molecular complexity index is 1160. The Labute approximate surface area is 194 Å². The van der Waals surface area contributed by atoms with Gasteiger partial charge < -0.3 is 43.8 Å². The van der Waals surface area contributed by atoms with Gasteiger partial charge in [0.15, 0.2) is 5.75 Å². The van der Waals surface area contributed by atoms with E-state index in [1.165, 1.54) is 0 Å². The zero-order valence-electron chi connectivity index (χ0n) is 18.4. The predicted octanol–water partition coefficient (Wildman–Crippen LogP) is 0.949. The molecule has 0 bridgehead atoms. The summed E-state index contributed by atoms with van der Waals surface area (Å²) in [6.07, 6.45) is -7.75. The number of benzene rings is 2. The minimum Gasteiger partial charge on any atom is -0.494 e. The van der Waals surface area contributed by atoms with Gasteiger partial charge in [0.2, 0.25) is 6.29 Å². The molecule has 2 heterocycles. The van der Waals surface area contributed by atoms with E-state index in [1.807, 2.05) is 37.3 Å². The average molecular weight is 474 g/mol. The van der Waals surface area contributed by atoms with Crippen molar-refractivity contribution < 1.29 is 43.8 Å². The van der Waals surface area contributed by atoms with Crippen molar-refractivity contribution in [3.63, 3.8) is 0 Å². The molecule has 10 heteroatoms. The van der Waals surface area contributed by atoms with Crippen LogP contribution in [0.5, 0.6) is 17.2 Å². The fraction of sp³-hybridized carbons (Fsp3) is 0.375. The number of ether oxygens (including phenoxy) is 4. The monoisotopic (exact) mass is 474 g/mol. The number of aliphatic hydroxyl groups is 4. The zero-order chi connectivity index (χ0) is 24.2. The first-order chi connectivity index (χ1) is 16.4. The maximum atomic E-state index is 12.9. The van der Waals surface area contributed by atoms with E-state index < -0.39 is 48.7 Å². The van der Waals surface area contributed by atoms with E-state index in [4.69, 9.17) is 23.4 Å². The van der Waals surface area contributed by atoms with E-state index in [0.717, 1.165) is 5.56 Å². The van der Waals surface area contributed by atoms with E-state index >= 15 is 0 Å². The van der Waals surface area contributed by atoms with Gasteiger partial charge in [-0.2, -0.15) is 0 Å². The second-order valence-electron chi connectivity index (χ2n) is 7.73. The van der Waals surface area contributed by atoms with Gasteiger partial charge in [-0.25, -0.2) is 4.79 Å². The van der Waals surface area contributed by atoms with Crippen LogP contribution in [0.25, 0.3) is 11.0 Å². The summed E-state index contributed by atoms with van der Waals surface area (Å²) in [4.78, 5) is 12.9. The van der Waals surface area contributed by atoms with E-state index in [1.54, 1.807) is 18.2 Å². The molecule has 1 aromatic heterocycles. The van der Waals surface area contributed by atoms with Crippen molar-refractivity contribution in [2.24, 2.45) is 0 Å². The summed E-state index contributed by atoms with van der Waals surface area (Å²) in [5.74, 6) is 0.141. The maximum absolute atomic E-state index is 12.9. The normalized spacial score (nSPS) is 24.7. The summed E-state index contributed by atoms with van der Waals surface area (Å²) >= 11 is 0. The van der Waals surface area contributed by atoms with Crippen molar-refractivity contribution in [3.05, 3.63) is 64.5 Å². The largest absolute Gasteiger partial charge is 0.494 e. The third kappa shape index (κ3) is 4.86. The summed E-state index contributed by atoms with van der Waals surface area (Å²) < 4.78 is 27.9. The molecule has 1 saturated heterocycles. The lowest BCUT2D eigenvalue weighted by Gasteiger charge is -2.39. The molecule has 5 atom stereocenters. The SMILES string of the molecule is CCOc1ccc2c(OCc3ccccc3)c(O[C@@H]3O[C@H](CO)[C@@H](O)[C@H](O)[C@H]3O)c(=O)oc2c1. The van der Waals surface area contributed by atoms with E-state index in [2.05, 4.69) is 0 Å². The van der Waals surface area contributed by atoms with Crippen LogP contribution in [0.1, 0.15) is 12.5 Å². The van der Waals surface area contributed by atoms with Crippen LogP contribution < -0.4 is 19.8 Å². The van der Waals surface area contributed by atoms with Crippen LogP contribution in [-0.2, 0) is 11.3 Å². The van der Waals surface area contributed by atoms with Gasteiger partial charge >= 0.3 is 5.63 Å². The Morgan fingerprint density at radius 1 is 0.941 bits per heavy atom. The number of aliphatic hydroxyl groups excluding tert-OH is 4. The molecule has 0 saturated carbocycles. The lowest BCUT2D eigenvalue weighted by atomic mass is 9.99. The minimum absolute atomic E-state index is 0.0371. The number of hydrogen-bond donors (Lipinski definition) is 4. The summed E-state index contributed by atoms with van der Waals surface area (Å²) in [7, 11) is 0. The van der Waals surface area contributed by atoms with Gasteiger partial charge in [0, 0.05) is 6.07 Å². The van der Waals surface area contributed by atoms with Gasteiger partial charge in [0.1, 0.15) is 42.4 Å². The first kappa shape index (κ1) is 24.0. The first-order valence-corrected chi connectivity index (χ1v) is 10.8. The zero-order valence-corrected chi connectivity index (χ0v) is 18.4. The van der Waals surface area contributed by atoms with E-state index in [9.17, 15) is 25.2 Å². The molecule has 3 aromatic rings. The molecule has 0 unspecified atom stereocenters. The Hall–Kier alpha value is -3.15. The number of hydrogen-bond acceptors (Lipinski definition) is 10. The highest BCUT2D eigenvalue weighted by atomic mass is 16.7. The molecule has 182 valence electrons. The molecular weight excluding hydrogens is 448 g/mol. The molecule has 0 radical (unpaired) electrons. The molecule has 0 amide bonds. The van der Waals surface area contributed by atoms with Crippen molar-refractivity contribution in [3.8, 4) is 17.2 Å². The van der Waals surface area contributed by atoms with E-state index in [0.29, 0.717) is 17.7 Å². The Balaban J connectivity index is 1.74. The second kappa shape index (κ2) is 10.4. The molecule has 1 fully saturated rings. The lowest BCUT2D eigenvalue weighted by molar-refractivity contribution is -0.278. The van der Waals surface area contributed by atoms with Crippen molar-refractivity contribution >= 4 is 11.0 Å². The van der Waals surface area contributed by atoms with Crippen molar-refractivity contribution in [2.45, 2.75) is 44.2 Å². The highest BCUT2D eigenvalue weighted by molar-refractivity contribution is 5.86. The molecule has 0 spiro atoms. The van der Waals surface area contributed by atoms with Crippen LogP contribution in [0.3, 0.4) is 0 Å². The highest BCUT2D eigenvalue weighted by Gasteiger charge is 2.45. The van der Waals surface area contributed by atoms with Gasteiger partial charge in [0.25, 0.3) is 5.75 Å². The molecular formula is C24H26O10. The first-order valence-electron chi connectivity index (χ1n) is 10.8. The maximum Gasteiger partial charge on any atom is 0.383 e. The molecule has 1 aliphatic heterocycles. The second-order valence-corrected chi connectivity index (χ2v) is 7.73. The van der Waals surface area contributed by atoms with Crippen LogP contribution >= 0.6 is 0 Å². The quantitative estimate of drug-likeness (QED) is 0.348. The van der Waals surface area contributed by atoms with Crippen molar-refractivity contribution in [2.75, 3.05) is 13.2 Å². The highest BCUT2D eigenvalue weighted by Crippen LogP contribution is 2.37. The molecule has 10 nitrogen and oxygen atoms in total. The van der Waals surface area contributed by atoms with E-state index in [-0.39, 0.29) is 17.9 Å². The fourth-order valence-corrected chi connectivity index (χ4v) is 3.65.